The molecule has 1 rings (SSSR count). The average Bonchev–Trinajstić information content (AvgIpc) is 2.54. The molecule has 0 aliphatic heterocycles. The van der Waals surface area contributed by atoms with Crippen LogP contribution in [0, 0.1) is 0 Å². The van der Waals surface area contributed by atoms with Crippen molar-refractivity contribution in [2.24, 2.45) is 0 Å². The van der Waals surface area contributed by atoms with E-state index in [0.717, 1.165) is 13.0 Å². The summed E-state index contributed by atoms with van der Waals surface area (Å²) < 4.78 is 2.52. The van der Waals surface area contributed by atoms with E-state index in [-0.39, 0.29) is 5.56 Å². The highest BCUT2D eigenvalue weighted by Gasteiger charge is 2.02. The van der Waals surface area contributed by atoms with Crippen molar-refractivity contribution in [1.82, 2.24) is 3.96 Å². The van der Waals surface area contributed by atoms with Crippen LogP contribution in [-0.4, -0.2) is 3.96 Å². The molecule has 86 valence electrons. The first-order valence-corrected chi connectivity index (χ1v) is 7.23. The summed E-state index contributed by atoms with van der Waals surface area (Å²) in [6, 6.07) is 0. The van der Waals surface area contributed by atoms with Crippen molar-refractivity contribution >= 4 is 27.5 Å². The standard InChI is InChI=1S/C11H18BrNOS/c1-2-3-4-5-6-7-8-13-11(14)10(12)9-15-13/h9H,2-8H2,1H3. The van der Waals surface area contributed by atoms with Crippen LogP contribution in [0.1, 0.15) is 45.4 Å². The van der Waals surface area contributed by atoms with Gasteiger partial charge in [-0.1, -0.05) is 50.6 Å². The van der Waals surface area contributed by atoms with Crippen LogP contribution in [0.2, 0.25) is 0 Å². The molecule has 0 fully saturated rings. The number of rotatable bonds is 7. The van der Waals surface area contributed by atoms with Crippen LogP contribution < -0.4 is 5.56 Å². The molecule has 0 amide bonds. The van der Waals surface area contributed by atoms with Gasteiger partial charge >= 0.3 is 0 Å². The van der Waals surface area contributed by atoms with Crippen molar-refractivity contribution in [2.75, 3.05) is 0 Å². The van der Waals surface area contributed by atoms with Gasteiger partial charge in [-0.2, -0.15) is 0 Å². The number of halogens is 1. The van der Waals surface area contributed by atoms with Crippen molar-refractivity contribution in [2.45, 2.75) is 52.0 Å². The number of aryl methyl sites for hydroxylation is 1. The molecular formula is C11H18BrNOS. The SMILES string of the molecule is CCCCCCCCn1scc(Br)c1=O. The number of nitrogens with zero attached hydrogens (tertiary/aromatic N) is 1. The maximum Gasteiger partial charge on any atom is 0.274 e. The van der Waals surface area contributed by atoms with Crippen LogP contribution in [0.15, 0.2) is 14.6 Å². The van der Waals surface area contributed by atoms with Gasteiger partial charge in [-0.3, -0.25) is 8.75 Å². The van der Waals surface area contributed by atoms with Gasteiger partial charge in [0.2, 0.25) is 0 Å². The fourth-order valence-corrected chi connectivity index (χ4v) is 2.85. The second kappa shape index (κ2) is 7.23. The molecule has 0 spiro atoms. The third kappa shape index (κ3) is 4.51. The van der Waals surface area contributed by atoms with Crippen molar-refractivity contribution in [1.29, 1.82) is 0 Å². The van der Waals surface area contributed by atoms with E-state index < -0.39 is 0 Å². The monoisotopic (exact) mass is 291 g/mol. The van der Waals surface area contributed by atoms with Crippen LogP contribution in [-0.2, 0) is 6.54 Å². The van der Waals surface area contributed by atoms with Gasteiger partial charge in [0.15, 0.2) is 0 Å². The molecule has 2 nitrogen and oxygen atoms in total. The maximum absolute atomic E-state index is 11.5. The predicted octanol–water partition coefficient (Wildman–Crippen LogP) is 4.03. The lowest BCUT2D eigenvalue weighted by Crippen LogP contribution is -2.13. The van der Waals surface area contributed by atoms with Crippen LogP contribution >= 0.6 is 27.5 Å². The molecule has 0 radical (unpaired) electrons. The zero-order valence-corrected chi connectivity index (χ0v) is 11.6. The maximum atomic E-state index is 11.5. The summed E-state index contributed by atoms with van der Waals surface area (Å²) in [6.45, 7) is 3.10. The third-order valence-electron chi connectivity index (χ3n) is 2.43. The molecule has 1 aromatic rings. The molecule has 0 unspecified atom stereocenters. The van der Waals surface area contributed by atoms with Crippen molar-refractivity contribution in [3.8, 4) is 0 Å². The summed E-state index contributed by atoms with van der Waals surface area (Å²) in [5.74, 6) is 0. The second-order valence-electron chi connectivity index (χ2n) is 3.75. The van der Waals surface area contributed by atoms with Gasteiger partial charge in [0.1, 0.15) is 0 Å². The Kier molecular flexibility index (Phi) is 6.25. The quantitative estimate of drug-likeness (QED) is 0.695. The lowest BCUT2D eigenvalue weighted by Gasteiger charge is -2.00. The van der Waals surface area contributed by atoms with Gasteiger partial charge in [-0.25, -0.2) is 0 Å². The van der Waals surface area contributed by atoms with Crippen LogP contribution in [0.5, 0.6) is 0 Å². The van der Waals surface area contributed by atoms with E-state index in [9.17, 15) is 4.79 Å². The van der Waals surface area contributed by atoms with E-state index in [4.69, 9.17) is 0 Å². The summed E-state index contributed by atoms with van der Waals surface area (Å²) in [6.07, 6.45) is 7.62. The highest BCUT2D eigenvalue weighted by molar-refractivity contribution is 9.10. The minimum Gasteiger partial charge on any atom is -0.267 e. The smallest absolute Gasteiger partial charge is 0.267 e. The number of unbranched alkanes of at least 4 members (excludes halogenated alkanes) is 5. The van der Waals surface area contributed by atoms with Crippen LogP contribution in [0.4, 0.5) is 0 Å². The van der Waals surface area contributed by atoms with Gasteiger partial charge in [0, 0.05) is 11.9 Å². The topological polar surface area (TPSA) is 22.0 Å². The first kappa shape index (κ1) is 13.0. The molecule has 0 aliphatic carbocycles. The number of hydrogen-bond acceptors (Lipinski definition) is 2. The summed E-state index contributed by atoms with van der Waals surface area (Å²) in [5, 5.41) is 1.86. The van der Waals surface area contributed by atoms with Gasteiger partial charge in [-0.15, -0.1) is 0 Å². The molecule has 1 heterocycles. The largest absolute Gasteiger partial charge is 0.274 e. The first-order chi connectivity index (χ1) is 7.25. The molecule has 0 aromatic carbocycles. The molecular weight excluding hydrogens is 274 g/mol. The minimum atomic E-state index is 0.119. The van der Waals surface area contributed by atoms with Gasteiger partial charge in [-0.05, 0) is 22.4 Å². The van der Waals surface area contributed by atoms with Gasteiger partial charge in [0.25, 0.3) is 5.56 Å². The number of hydrogen-bond donors (Lipinski definition) is 0. The molecule has 15 heavy (non-hydrogen) atoms. The highest BCUT2D eigenvalue weighted by Crippen LogP contribution is 2.10. The van der Waals surface area contributed by atoms with Crippen molar-refractivity contribution in [3.05, 3.63) is 20.2 Å². The van der Waals surface area contributed by atoms with E-state index in [1.54, 1.807) is 0 Å². The summed E-state index contributed by atoms with van der Waals surface area (Å²) in [4.78, 5) is 11.5. The third-order valence-corrected chi connectivity index (χ3v) is 4.24. The zero-order valence-electron chi connectivity index (χ0n) is 9.17. The molecule has 4 heteroatoms. The molecule has 0 N–H and O–H groups in total. The fraction of sp³-hybridized carbons (Fsp3) is 0.727. The van der Waals surface area contributed by atoms with E-state index in [0.29, 0.717) is 4.47 Å². The Labute approximate surface area is 104 Å². The molecule has 0 saturated carbocycles. The molecule has 0 atom stereocenters. The van der Waals surface area contributed by atoms with E-state index in [1.807, 2.05) is 9.34 Å². The molecule has 1 aromatic heterocycles. The zero-order chi connectivity index (χ0) is 11.1. The Morgan fingerprint density at radius 2 is 1.93 bits per heavy atom. The Morgan fingerprint density at radius 3 is 2.53 bits per heavy atom. The van der Waals surface area contributed by atoms with Crippen LogP contribution in [0.25, 0.3) is 0 Å². The van der Waals surface area contributed by atoms with Crippen molar-refractivity contribution in [3.63, 3.8) is 0 Å². The van der Waals surface area contributed by atoms with E-state index >= 15 is 0 Å². The average molecular weight is 292 g/mol. The summed E-state index contributed by atoms with van der Waals surface area (Å²) in [7, 11) is 0. The van der Waals surface area contributed by atoms with Crippen molar-refractivity contribution < 1.29 is 0 Å². The Hall–Kier alpha value is -0.0900. The number of aromatic nitrogens is 1. The van der Waals surface area contributed by atoms with E-state index in [2.05, 4.69) is 22.9 Å². The molecule has 0 bridgehead atoms. The molecule has 0 saturated heterocycles. The Bertz CT molecular complexity index is 332. The normalized spacial score (nSPS) is 10.8. The Morgan fingerprint density at radius 1 is 1.27 bits per heavy atom. The highest BCUT2D eigenvalue weighted by atomic mass is 79.9. The first-order valence-electron chi connectivity index (χ1n) is 5.60. The van der Waals surface area contributed by atoms with E-state index in [1.165, 1.54) is 43.6 Å². The predicted molar refractivity (Wildman–Crippen MR) is 69.7 cm³/mol. The summed E-state index contributed by atoms with van der Waals surface area (Å²) >= 11 is 4.74. The lowest BCUT2D eigenvalue weighted by atomic mass is 10.1. The lowest BCUT2D eigenvalue weighted by molar-refractivity contribution is 0.568. The van der Waals surface area contributed by atoms with Crippen LogP contribution in [0.3, 0.4) is 0 Å². The Balaban J connectivity index is 2.15. The fourth-order valence-electron chi connectivity index (χ4n) is 1.52. The summed E-state index contributed by atoms with van der Waals surface area (Å²) in [5.41, 5.74) is 0.119. The van der Waals surface area contributed by atoms with Gasteiger partial charge < -0.3 is 0 Å². The second-order valence-corrected chi connectivity index (χ2v) is 5.49. The minimum absolute atomic E-state index is 0.119. The molecule has 0 aliphatic rings. The van der Waals surface area contributed by atoms with Gasteiger partial charge in [0.05, 0.1) is 4.47 Å².